The van der Waals surface area contributed by atoms with Gasteiger partial charge in [-0.2, -0.15) is 0 Å². The van der Waals surface area contributed by atoms with Crippen molar-refractivity contribution in [3.8, 4) is 0 Å². The molecule has 2 nitrogen and oxygen atoms in total. The summed E-state index contributed by atoms with van der Waals surface area (Å²) < 4.78 is 5.02. The van der Waals surface area contributed by atoms with Crippen LogP contribution < -0.4 is 0 Å². The van der Waals surface area contributed by atoms with Crippen molar-refractivity contribution in [2.24, 2.45) is 11.8 Å². The van der Waals surface area contributed by atoms with Crippen LogP contribution in [0.15, 0.2) is 0 Å². The molecular formula is C9H16O2. The van der Waals surface area contributed by atoms with E-state index in [0.29, 0.717) is 12.5 Å². The summed E-state index contributed by atoms with van der Waals surface area (Å²) >= 11 is 0. The van der Waals surface area contributed by atoms with E-state index in [0.717, 1.165) is 6.42 Å². The fraction of sp³-hybridized carbons (Fsp3) is 0.889. The molecule has 1 rings (SSSR count). The lowest BCUT2D eigenvalue weighted by molar-refractivity contribution is -0.155. The van der Waals surface area contributed by atoms with E-state index in [9.17, 15) is 4.79 Å². The lowest BCUT2D eigenvalue weighted by atomic mass is 9.91. The fourth-order valence-corrected chi connectivity index (χ4v) is 1.62. The van der Waals surface area contributed by atoms with E-state index in [1.54, 1.807) is 0 Å². The van der Waals surface area contributed by atoms with Gasteiger partial charge >= 0.3 is 5.97 Å². The van der Waals surface area contributed by atoms with Gasteiger partial charge in [-0.25, -0.2) is 0 Å². The molecule has 0 aromatic rings. The first kappa shape index (κ1) is 8.57. The standard InChI is InChI=1S/C9H16O2/c1-3-4-8-5-7(2)9(10)11-6-8/h7-8H,3-6H2,1-2H3/t7-,8+/m0/s1. The van der Waals surface area contributed by atoms with Crippen LogP contribution in [0.5, 0.6) is 0 Å². The molecular weight excluding hydrogens is 140 g/mol. The van der Waals surface area contributed by atoms with Crippen molar-refractivity contribution in [2.45, 2.75) is 33.1 Å². The van der Waals surface area contributed by atoms with Gasteiger partial charge in [-0.05, 0) is 18.8 Å². The minimum absolute atomic E-state index is 0.0163. The highest BCUT2D eigenvalue weighted by Crippen LogP contribution is 2.23. The Morgan fingerprint density at radius 1 is 1.64 bits per heavy atom. The molecule has 1 heterocycles. The van der Waals surface area contributed by atoms with Crippen LogP contribution in [0.2, 0.25) is 0 Å². The van der Waals surface area contributed by atoms with Crippen molar-refractivity contribution in [1.82, 2.24) is 0 Å². The SMILES string of the molecule is CCC[C@H]1COC(=O)[C@@H](C)C1. The van der Waals surface area contributed by atoms with E-state index in [2.05, 4.69) is 6.92 Å². The number of hydrogen-bond acceptors (Lipinski definition) is 2. The molecule has 0 saturated carbocycles. The predicted octanol–water partition coefficient (Wildman–Crippen LogP) is 1.99. The quantitative estimate of drug-likeness (QED) is 0.571. The molecule has 2 heteroatoms. The summed E-state index contributed by atoms with van der Waals surface area (Å²) in [6.07, 6.45) is 3.40. The molecule has 1 fully saturated rings. The molecule has 2 atom stereocenters. The third kappa shape index (κ3) is 2.21. The van der Waals surface area contributed by atoms with Crippen LogP contribution in [0.3, 0.4) is 0 Å². The molecule has 0 bridgehead atoms. The van der Waals surface area contributed by atoms with Crippen molar-refractivity contribution < 1.29 is 9.53 Å². The molecule has 0 aromatic heterocycles. The predicted molar refractivity (Wildman–Crippen MR) is 43.1 cm³/mol. The molecule has 0 amide bonds. The molecule has 11 heavy (non-hydrogen) atoms. The Kier molecular flexibility index (Phi) is 2.92. The van der Waals surface area contributed by atoms with Crippen LogP contribution >= 0.6 is 0 Å². The van der Waals surface area contributed by atoms with Crippen LogP contribution in [0, 0.1) is 11.8 Å². The number of rotatable bonds is 2. The monoisotopic (exact) mass is 156 g/mol. The van der Waals surface area contributed by atoms with Crippen LogP contribution in [0.1, 0.15) is 33.1 Å². The van der Waals surface area contributed by atoms with Crippen molar-refractivity contribution in [3.05, 3.63) is 0 Å². The highest BCUT2D eigenvalue weighted by molar-refractivity contribution is 5.72. The highest BCUT2D eigenvalue weighted by Gasteiger charge is 2.25. The zero-order valence-corrected chi connectivity index (χ0v) is 7.30. The number of carbonyl (C=O) groups is 1. The van der Waals surface area contributed by atoms with Gasteiger partial charge < -0.3 is 4.74 Å². The third-order valence-corrected chi connectivity index (χ3v) is 2.25. The second-order valence-corrected chi connectivity index (χ2v) is 3.42. The van der Waals surface area contributed by atoms with E-state index in [1.165, 1.54) is 12.8 Å². The number of ether oxygens (including phenoxy) is 1. The Morgan fingerprint density at radius 2 is 2.36 bits per heavy atom. The van der Waals surface area contributed by atoms with E-state index in [-0.39, 0.29) is 11.9 Å². The minimum Gasteiger partial charge on any atom is -0.465 e. The first-order valence-corrected chi connectivity index (χ1v) is 4.40. The number of hydrogen-bond donors (Lipinski definition) is 0. The van der Waals surface area contributed by atoms with Crippen LogP contribution in [-0.4, -0.2) is 12.6 Å². The molecule has 0 radical (unpaired) electrons. The van der Waals surface area contributed by atoms with Gasteiger partial charge in [0.05, 0.1) is 12.5 Å². The Labute approximate surface area is 67.9 Å². The Hall–Kier alpha value is -0.530. The van der Waals surface area contributed by atoms with Crippen LogP contribution in [0.4, 0.5) is 0 Å². The maximum absolute atomic E-state index is 10.9. The molecule has 0 spiro atoms. The van der Waals surface area contributed by atoms with Gasteiger partial charge in [0.15, 0.2) is 0 Å². The zero-order valence-electron chi connectivity index (χ0n) is 7.30. The van der Waals surface area contributed by atoms with E-state index in [4.69, 9.17) is 4.74 Å². The van der Waals surface area contributed by atoms with Gasteiger partial charge in [0.2, 0.25) is 0 Å². The lowest BCUT2D eigenvalue weighted by Crippen LogP contribution is -2.28. The van der Waals surface area contributed by atoms with Crippen molar-refractivity contribution in [3.63, 3.8) is 0 Å². The normalized spacial score (nSPS) is 31.6. The number of cyclic esters (lactones) is 1. The number of esters is 1. The molecule has 1 saturated heterocycles. The summed E-state index contributed by atoms with van der Waals surface area (Å²) in [4.78, 5) is 10.9. The molecule has 0 aliphatic carbocycles. The smallest absolute Gasteiger partial charge is 0.308 e. The van der Waals surface area contributed by atoms with Gasteiger partial charge in [0, 0.05) is 0 Å². The maximum Gasteiger partial charge on any atom is 0.308 e. The van der Waals surface area contributed by atoms with E-state index in [1.807, 2.05) is 6.92 Å². The zero-order chi connectivity index (χ0) is 8.27. The summed E-state index contributed by atoms with van der Waals surface area (Å²) in [6.45, 7) is 4.77. The van der Waals surface area contributed by atoms with Crippen LogP contribution in [-0.2, 0) is 9.53 Å². The molecule has 1 aliphatic rings. The van der Waals surface area contributed by atoms with Crippen molar-refractivity contribution in [2.75, 3.05) is 6.61 Å². The second kappa shape index (κ2) is 3.74. The molecule has 0 unspecified atom stereocenters. The van der Waals surface area contributed by atoms with Gasteiger partial charge in [-0.3, -0.25) is 4.79 Å². The number of carbonyl (C=O) groups excluding carboxylic acids is 1. The summed E-state index contributed by atoms with van der Waals surface area (Å²) in [5.74, 6) is 0.727. The van der Waals surface area contributed by atoms with Crippen molar-refractivity contribution in [1.29, 1.82) is 0 Å². The minimum atomic E-state index is -0.0163. The van der Waals surface area contributed by atoms with Gasteiger partial charge in [-0.15, -0.1) is 0 Å². The molecule has 0 N–H and O–H groups in total. The average molecular weight is 156 g/mol. The van der Waals surface area contributed by atoms with Crippen LogP contribution in [0.25, 0.3) is 0 Å². The average Bonchev–Trinajstić information content (AvgIpc) is 1.98. The van der Waals surface area contributed by atoms with Gasteiger partial charge in [0.1, 0.15) is 0 Å². The molecule has 0 aromatic carbocycles. The maximum atomic E-state index is 10.9. The third-order valence-electron chi connectivity index (χ3n) is 2.25. The first-order valence-electron chi connectivity index (χ1n) is 4.40. The summed E-state index contributed by atoms with van der Waals surface area (Å²) in [6, 6.07) is 0. The first-order chi connectivity index (χ1) is 5.24. The summed E-state index contributed by atoms with van der Waals surface area (Å²) in [5, 5.41) is 0. The Morgan fingerprint density at radius 3 is 2.91 bits per heavy atom. The van der Waals surface area contributed by atoms with Gasteiger partial charge in [-0.1, -0.05) is 20.3 Å². The Bertz CT molecular complexity index is 142. The summed E-state index contributed by atoms with van der Waals surface area (Å²) in [7, 11) is 0. The van der Waals surface area contributed by atoms with E-state index < -0.39 is 0 Å². The molecule has 1 aliphatic heterocycles. The van der Waals surface area contributed by atoms with E-state index >= 15 is 0 Å². The highest BCUT2D eigenvalue weighted by atomic mass is 16.5. The van der Waals surface area contributed by atoms with Gasteiger partial charge in [0.25, 0.3) is 0 Å². The summed E-state index contributed by atoms with van der Waals surface area (Å²) in [5.41, 5.74) is 0. The Balaban J connectivity index is 2.33. The lowest BCUT2D eigenvalue weighted by Gasteiger charge is -2.25. The largest absolute Gasteiger partial charge is 0.465 e. The van der Waals surface area contributed by atoms with Crippen molar-refractivity contribution >= 4 is 5.97 Å². The fourth-order valence-electron chi connectivity index (χ4n) is 1.62. The second-order valence-electron chi connectivity index (χ2n) is 3.42. The topological polar surface area (TPSA) is 26.3 Å². The molecule has 64 valence electrons.